The van der Waals surface area contributed by atoms with E-state index in [-0.39, 0.29) is 10.6 Å². The number of fused-ring (bicyclic) bond motifs is 1. The molecule has 1 aliphatic rings. The van der Waals surface area contributed by atoms with Gasteiger partial charge in [-0.05, 0) is 54.7 Å². The van der Waals surface area contributed by atoms with Crippen LogP contribution in [-0.4, -0.2) is 14.7 Å². The second-order valence-corrected chi connectivity index (χ2v) is 7.31. The predicted molar refractivity (Wildman–Crippen MR) is 82.5 cm³/mol. The molecule has 5 heteroatoms. The van der Waals surface area contributed by atoms with E-state index in [1.165, 1.54) is 23.6 Å². The first-order chi connectivity index (χ1) is 9.95. The Morgan fingerprint density at radius 2 is 1.86 bits per heavy atom. The maximum Gasteiger partial charge on any atom is 0.177 e. The molecule has 0 amide bonds. The van der Waals surface area contributed by atoms with Crippen LogP contribution >= 0.6 is 0 Å². The van der Waals surface area contributed by atoms with Crippen molar-refractivity contribution >= 4 is 15.5 Å². The van der Waals surface area contributed by atoms with Crippen molar-refractivity contribution in [2.75, 3.05) is 12.0 Å². The lowest BCUT2D eigenvalue weighted by Gasteiger charge is -2.12. The molecular formula is C16H17NO3S. The molecule has 0 aliphatic heterocycles. The van der Waals surface area contributed by atoms with Gasteiger partial charge < -0.3 is 10.5 Å². The molecule has 2 aromatic rings. The molecule has 110 valence electrons. The number of anilines is 1. The van der Waals surface area contributed by atoms with Crippen LogP contribution in [0.15, 0.2) is 41.3 Å². The van der Waals surface area contributed by atoms with Gasteiger partial charge in [-0.15, -0.1) is 0 Å². The molecule has 2 aromatic carbocycles. The van der Waals surface area contributed by atoms with Crippen LogP contribution in [0.1, 0.15) is 17.5 Å². The summed E-state index contributed by atoms with van der Waals surface area (Å²) in [5, 5.41) is 0. The summed E-state index contributed by atoms with van der Waals surface area (Å²) >= 11 is 0. The van der Waals surface area contributed by atoms with E-state index in [1.54, 1.807) is 12.1 Å². The lowest BCUT2D eigenvalue weighted by molar-refractivity contribution is 0.483. The Morgan fingerprint density at radius 1 is 1.10 bits per heavy atom. The van der Waals surface area contributed by atoms with Gasteiger partial charge in [0, 0.05) is 6.26 Å². The molecule has 3 rings (SSSR count). The Balaban J connectivity index is 1.95. The van der Waals surface area contributed by atoms with Crippen LogP contribution in [0.5, 0.6) is 11.5 Å². The molecule has 0 saturated carbocycles. The first-order valence-corrected chi connectivity index (χ1v) is 8.72. The zero-order chi connectivity index (χ0) is 15.0. The molecule has 0 atom stereocenters. The number of benzene rings is 2. The average Bonchev–Trinajstić information content (AvgIpc) is 2.87. The molecule has 0 saturated heterocycles. The number of para-hydroxylation sites is 1. The van der Waals surface area contributed by atoms with E-state index in [0.717, 1.165) is 19.1 Å². The first-order valence-electron chi connectivity index (χ1n) is 6.83. The second-order valence-electron chi connectivity index (χ2n) is 5.33. The van der Waals surface area contributed by atoms with Crippen molar-refractivity contribution < 1.29 is 13.2 Å². The normalized spacial score (nSPS) is 14.0. The molecule has 0 unspecified atom stereocenters. The minimum Gasteiger partial charge on any atom is -0.455 e. The quantitative estimate of drug-likeness (QED) is 0.885. The fourth-order valence-corrected chi connectivity index (χ4v) is 3.50. The van der Waals surface area contributed by atoms with Crippen molar-refractivity contribution in [1.29, 1.82) is 0 Å². The van der Waals surface area contributed by atoms with E-state index in [0.29, 0.717) is 11.5 Å². The summed E-state index contributed by atoms with van der Waals surface area (Å²) in [5.74, 6) is 1.06. The lowest BCUT2D eigenvalue weighted by atomic mass is 10.1. The molecule has 1 aliphatic carbocycles. The van der Waals surface area contributed by atoms with Crippen molar-refractivity contribution in [3.8, 4) is 11.5 Å². The highest BCUT2D eigenvalue weighted by Crippen LogP contribution is 2.34. The maximum absolute atomic E-state index is 11.7. The monoisotopic (exact) mass is 303 g/mol. The highest BCUT2D eigenvalue weighted by molar-refractivity contribution is 7.90. The average molecular weight is 303 g/mol. The molecular weight excluding hydrogens is 286 g/mol. The van der Waals surface area contributed by atoms with Gasteiger partial charge in [-0.25, -0.2) is 8.42 Å². The molecule has 0 bridgehead atoms. The molecule has 0 fully saturated rings. The largest absolute Gasteiger partial charge is 0.455 e. The standard InChI is InChI=1S/C16H17NO3S/c1-21(18,19)15-7-3-6-14(16(15)17)20-13-9-8-11-4-2-5-12(11)10-13/h3,6-10H,2,4-5,17H2,1H3. The summed E-state index contributed by atoms with van der Waals surface area (Å²) < 4.78 is 29.1. The van der Waals surface area contributed by atoms with Crippen molar-refractivity contribution in [2.24, 2.45) is 0 Å². The van der Waals surface area contributed by atoms with Crippen LogP contribution in [0.3, 0.4) is 0 Å². The third-order valence-corrected chi connectivity index (χ3v) is 4.88. The fraction of sp³-hybridized carbons (Fsp3) is 0.250. The zero-order valence-electron chi connectivity index (χ0n) is 11.8. The Labute approximate surface area is 124 Å². The van der Waals surface area contributed by atoms with Crippen LogP contribution in [0.4, 0.5) is 5.69 Å². The molecule has 2 N–H and O–H groups in total. The number of hydrogen-bond acceptors (Lipinski definition) is 4. The van der Waals surface area contributed by atoms with Gasteiger partial charge in [0.25, 0.3) is 0 Å². The molecule has 4 nitrogen and oxygen atoms in total. The molecule has 0 radical (unpaired) electrons. The van der Waals surface area contributed by atoms with Crippen LogP contribution in [0, 0.1) is 0 Å². The van der Waals surface area contributed by atoms with Crippen molar-refractivity contribution in [2.45, 2.75) is 24.2 Å². The van der Waals surface area contributed by atoms with E-state index in [1.807, 2.05) is 12.1 Å². The Morgan fingerprint density at radius 3 is 2.62 bits per heavy atom. The van der Waals surface area contributed by atoms with E-state index < -0.39 is 9.84 Å². The van der Waals surface area contributed by atoms with Gasteiger partial charge in [0.1, 0.15) is 5.75 Å². The number of hydrogen-bond donors (Lipinski definition) is 1. The number of nitrogen functional groups attached to an aromatic ring is 1. The lowest BCUT2D eigenvalue weighted by Crippen LogP contribution is -2.03. The third kappa shape index (κ3) is 2.74. The zero-order valence-corrected chi connectivity index (χ0v) is 12.6. The fourth-order valence-electron chi connectivity index (χ4n) is 2.67. The number of nitrogens with two attached hydrogens (primary N) is 1. The van der Waals surface area contributed by atoms with E-state index in [2.05, 4.69) is 6.07 Å². The van der Waals surface area contributed by atoms with Gasteiger partial charge in [0.2, 0.25) is 0 Å². The highest BCUT2D eigenvalue weighted by atomic mass is 32.2. The predicted octanol–water partition coefficient (Wildman–Crippen LogP) is 2.95. The summed E-state index contributed by atoms with van der Waals surface area (Å²) in [6, 6.07) is 10.8. The summed E-state index contributed by atoms with van der Waals surface area (Å²) in [7, 11) is -3.36. The minimum absolute atomic E-state index is 0.0983. The Bertz CT molecular complexity index is 797. The third-order valence-electron chi connectivity index (χ3n) is 3.72. The first kappa shape index (κ1) is 13.9. The topological polar surface area (TPSA) is 69.4 Å². The smallest absolute Gasteiger partial charge is 0.177 e. The van der Waals surface area contributed by atoms with Gasteiger partial charge in [0.05, 0.1) is 10.6 Å². The van der Waals surface area contributed by atoms with Gasteiger partial charge in [-0.3, -0.25) is 0 Å². The van der Waals surface area contributed by atoms with Crippen LogP contribution in [0.25, 0.3) is 0 Å². The Hall–Kier alpha value is -2.01. The van der Waals surface area contributed by atoms with Crippen molar-refractivity contribution in [3.05, 3.63) is 47.5 Å². The van der Waals surface area contributed by atoms with E-state index in [9.17, 15) is 8.42 Å². The number of sulfone groups is 1. The van der Waals surface area contributed by atoms with E-state index in [4.69, 9.17) is 10.5 Å². The van der Waals surface area contributed by atoms with Gasteiger partial charge >= 0.3 is 0 Å². The van der Waals surface area contributed by atoms with E-state index >= 15 is 0 Å². The maximum atomic E-state index is 11.7. The summed E-state index contributed by atoms with van der Waals surface area (Å²) in [6.45, 7) is 0. The van der Waals surface area contributed by atoms with Gasteiger partial charge in [-0.1, -0.05) is 12.1 Å². The van der Waals surface area contributed by atoms with Crippen molar-refractivity contribution in [1.82, 2.24) is 0 Å². The summed E-state index contributed by atoms with van der Waals surface area (Å²) in [4.78, 5) is 0.0983. The SMILES string of the molecule is CS(=O)(=O)c1cccc(Oc2ccc3c(c2)CCC3)c1N. The number of rotatable bonds is 3. The Kier molecular flexibility index (Phi) is 3.37. The summed E-state index contributed by atoms with van der Waals surface area (Å²) in [6.07, 6.45) is 4.48. The minimum atomic E-state index is -3.36. The summed E-state index contributed by atoms with van der Waals surface area (Å²) in [5.41, 5.74) is 8.74. The van der Waals surface area contributed by atoms with Gasteiger partial charge in [0.15, 0.2) is 15.6 Å². The number of aryl methyl sites for hydroxylation is 2. The van der Waals surface area contributed by atoms with Gasteiger partial charge in [-0.2, -0.15) is 0 Å². The van der Waals surface area contributed by atoms with Crippen molar-refractivity contribution in [3.63, 3.8) is 0 Å². The second kappa shape index (κ2) is 5.07. The van der Waals surface area contributed by atoms with Crippen LogP contribution in [-0.2, 0) is 22.7 Å². The van der Waals surface area contributed by atoms with Crippen LogP contribution < -0.4 is 10.5 Å². The molecule has 21 heavy (non-hydrogen) atoms. The van der Waals surface area contributed by atoms with Crippen LogP contribution in [0.2, 0.25) is 0 Å². The highest BCUT2D eigenvalue weighted by Gasteiger charge is 2.16. The molecule has 0 spiro atoms. The number of ether oxygens (including phenoxy) is 1. The molecule has 0 heterocycles. The molecule has 0 aromatic heterocycles.